The number of hydrogen-bond acceptors (Lipinski definition) is 3. The molecule has 22 heavy (non-hydrogen) atoms. The molecule has 2 fully saturated rings. The molecule has 1 aliphatic carbocycles. The molecule has 2 atom stereocenters. The Hall–Kier alpha value is -1.30. The van der Waals surface area contributed by atoms with Crippen molar-refractivity contribution in [1.82, 2.24) is 15.5 Å². The van der Waals surface area contributed by atoms with Crippen molar-refractivity contribution in [3.05, 3.63) is 0 Å². The highest BCUT2D eigenvalue weighted by atomic mass is 16.5. The molecule has 2 unspecified atom stereocenters. The van der Waals surface area contributed by atoms with Crippen LogP contribution in [0.3, 0.4) is 0 Å². The first kappa shape index (κ1) is 17.1. The number of hydrogen-bond donors (Lipinski definition) is 2. The van der Waals surface area contributed by atoms with Crippen LogP contribution in [-0.4, -0.2) is 55.2 Å². The number of urea groups is 1. The van der Waals surface area contributed by atoms with Crippen LogP contribution in [0.5, 0.6) is 0 Å². The Kier molecular flexibility index (Phi) is 6.06. The van der Waals surface area contributed by atoms with Gasteiger partial charge in [0.15, 0.2) is 0 Å². The third kappa shape index (κ3) is 4.35. The van der Waals surface area contributed by atoms with Gasteiger partial charge in [0, 0.05) is 32.1 Å². The normalized spacial score (nSPS) is 32.4. The van der Waals surface area contributed by atoms with Gasteiger partial charge in [-0.05, 0) is 39.0 Å². The van der Waals surface area contributed by atoms with Crippen molar-refractivity contribution in [2.24, 2.45) is 5.92 Å². The fourth-order valence-corrected chi connectivity index (χ4v) is 3.41. The molecular weight excluding hydrogens is 282 g/mol. The number of amides is 3. The third-order valence-electron chi connectivity index (χ3n) is 4.74. The number of carbonyl (C=O) groups is 2. The minimum atomic E-state index is 0.0111. The average Bonchev–Trinajstić information content (AvgIpc) is 2.54. The standard InChI is InChI=1S/C16H29N3O3/c1-4-14-10-19(9-11(2)22-14)16(21)18-13-7-5-12(6-8-13)15(20)17-3/h11-14H,4-10H2,1-3H3,(H,17,20)(H,18,21). The van der Waals surface area contributed by atoms with E-state index in [9.17, 15) is 9.59 Å². The number of carbonyl (C=O) groups excluding carboxylic acids is 2. The lowest BCUT2D eigenvalue weighted by molar-refractivity contribution is -0.125. The van der Waals surface area contributed by atoms with Gasteiger partial charge < -0.3 is 20.3 Å². The monoisotopic (exact) mass is 311 g/mol. The highest BCUT2D eigenvalue weighted by Crippen LogP contribution is 2.24. The molecule has 2 N–H and O–H groups in total. The Morgan fingerprint density at radius 3 is 2.45 bits per heavy atom. The van der Waals surface area contributed by atoms with Crippen LogP contribution < -0.4 is 10.6 Å². The van der Waals surface area contributed by atoms with Crippen LogP contribution in [0.15, 0.2) is 0 Å². The summed E-state index contributed by atoms with van der Waals surface area (Å²) in [7, 11) is 1.68. The summed E-state index contributed by atoms with van der Waals surface area (Å²) in [5.41, 5.74) is 0. The molecule has 126 valence electrons. The van der Waals surface area contributed by atoms with Gasteiger partial charge in [0.2, 0.25) is 5.91 Å². The smallest absolute Gasteiger partial charge is 0.317 e. The highest BCUT2D eigenvalue weighted by molar-refractivity contribution is 5.78. The minimum absolute atomic E-state index is 0.0111. The number of morpholine rings is 1. The van der Waals surface area contributed by atoms with Crippen LogP contribution in [-0.2, 0) is 9.53 Å². The molecule has 1 heterocycles. The van der Waals surface area contributed by atoms with Crippen molar-refractivity contribution in [3.8, 4) is 0 Å². The van der Waals surface area contributed by atoms with Crippen molar-refractivity contribution in [3.63, 3.8) is 0 Å². The molecule has 0 aromatic carbocycles. The largest absolute Gasteiger partial charge is 0.372 e. The average molecular weight is 311 g/mol. The van der Waals surface area contributed by atoms with Gasteiger partial charge in [-0.1, -0.05) is 6.92 Å². The molecule has 1 aliphatic heterocycles. The Balaban J connectivity index is 1.79. The summed E-state index contributed by atoms with van der Waals surface area (Å²) in [4.78, 5) is 25.9. The van der Waals surface area contributed by atoms with Crippen molar-refractivity contribution < 1.29 is 14.3 Å². The maximum absolute atomic E-state index is 12.4. The minimum Gasteiger partial charge on any atom is -0.372 e. The lowest BCUT2D eigenvalue weighted by atomic mass is 9.85. The van der Waals surface area contributed by atoms with E-state index < -0.39 is 0 Å². The van der Waals surface area contributed by atoms with Gasteiger partial charge >= 0.3 is 6.03 Å². The molecule has 1 saturated carbocycles. The van der Waals surface area contributed by atoms with Gasteiger partial charge in [-0.3, -0.25) is 4.79 Å². The van der Waals surface area contributed by atoms with E-state index in [0.29, 0.717) is 13.1 Å². The lowest BCUT2D eigenvalue weighted by Crippen LogP contribution is -2.54. The zero-order chi connectivity index (χ0) is 16.1. The molecule has 0 spiro atoms. The van der Waals surface area contributed by atoms with Gasteiger partial charge in [-0.15, -0.1) is 0 Å². The van der Waals surface area contributed by atoms with Gasteiger partial charge in [-0.2, -0.15) is 0 Å². The molecular formula is C16H29N3O3. The van der Waals surface area contributed by atoms with Gasteiger partial charge in [0.05, 0.1) is 12.2 Å². The van der Waals surface area contributed by atoms with Crippen LogP contribution in [0.1, 0.15) is 46.0 Å². The van der Waals surface area contributed by atoms with Crippen molar-refractivity contribution >= 4 is 11.9 Å². The number of rotatable bonds is 3. The second kappa shape index (κ2) is 7.81. The quantitative estimate of drug-likeness (QED) is 0.830. The molecule has 3 amide bonds. The van der Waals surface area contributed by atoms with E-state index in [1.165, 1.54) is 0 Å². The molecule has 0 aromatic heterocycles. The first-order valence-electron chi connectivity index (χ1n) is 8.46. The predicted molar refractivity (Wildman–Crippen MR) is 84.5 cm³/mol. The van der Waals surface area contributed by atoms with Crippen LogP contribution in [0.2, 0.25) is 0 Å². The summed E-state index contributed by atoms with van der Waals surface area (Å²) in [6, 6.07) is 0.198. The Labute approximate surface area is 132 Å². The molecule has 6 heteroatoms. The molecule has 0 aromatic rings. The molecule has 2 aliphatic rings. The van der Waals surface area contributed by atoms with Gasteiger partial charge in [0.25, 0.3) is 0 Å². The van der Waals surface area contributed by atoms with Crippen LogP contribution in [0.4, 0.5) is 4.79 Å². The van der Waals surface area contributed by atoms with E-state index in [4.69, 9.17) is 4.74 Å². The van der Waals surface area contributed by atoms with Crippen LogP contribution >= 0.6 is 0 Å². The van der Waals surface area contributed by atoms with Crippen molar-refractivity contribution in [1.29, 1.82) is 0 Å². The van der Waals surface area contributed by atoms with Gasteiger partial charge in [-0.25, -0.2) is 4.79 Å². The van der Waals surface area contributed by atoms with E-state index in [1.807, 2.05) is 11.8 Å². The first-order chi connectivity index (χ1) is 10.5. The second-order valence-corrected chi connectivity index (χ2v) is 6.49. The lowest BCUT2D eigenvalue weighted by Gasteiger charge is -2.38. The zero-order valence-corrected chi connectivity index (χ0v) is 13.9. The Morgan fingerprint density at radius 1 is 1.18 bits per heavy atom. The number of ether oxygens (including phenoxy) is 1. The van der Waals surface area contributed by atoms with Gasteiger partial charge in [0.1, 0.15) is 0 Å². The number of nitrogens with one attached hydrogen (secondary N) is 2. The predicted octanol–water partition coefficient (Wildman–Crippen LogP) is 1.50. The molecule has 0 radical (unpaired) electrons. The van der Waals surface area contributed by atoms with Crippen LogP contribution in [0, 0.1) is 5.92 Å². The topological polar surface area (TPSA) is 70.7 Å². The fraction of sp³-hybridized carbons (Fsp3) is 0.875. The maximum atomic E-state index is 12.4. The summed E-state index contributed by atoms with van der Waals surface area (Å²) < 4.78 is 5.79. The van der Waals surface area contributed by atoms with Crippen molar-refractivity contribution in [2.75, 3.05) is 20.1 Å². The van der Waals surface area contributed by atoms with E-state index >= 15 is 0 Å². The number of nitrogens with zero attached hydrogens (tertiary/aromatic N) is 1. The molecule has 2 rings (SSSR count). The highest BCUT2D eigenvalue weighted by Gasteiger charge is 2.30. The summed E-state index contributed by atoms with van der Waals surface area (Å²) >= 11 is 0. The Bertz CT molecular complexity index is 394. The first-order valence-corrected chi connectivity index (χ1v) is 8.46. The SMILES string of the molecule is CCC1CN(C(=O)NC2CCC(C(=O)NC)CC2)CC(C)O1. The van der Waals surface area contributed by atoms with Crippen molar-refractivity contribution in [2.45, 2.75) is 64.2 Å². The van der Waals surface area contributed by atoms with Crippen LogP contribution in [0.25, 0.3) is 0 Å². The van der Waals surface area contributed by atoms with E-state index in [0.717, 1.165) is 32.1 Å². The summed E-state index contributed by atoms with van der Waals surface area (Å²) in [6.45, 7) is 5.41. The zero-order valence-electron chi connectivity index (χ0n) is 13.9. The fourth-order valence-electron chi connectivity index (χ4n) is 3.41. The summed E-state index contributed by atoms with van der Waals surface area (Å²) in [5, 5.41) is 5.84. The maximum Gasteiger partial charge on any atom is 0.317 e. The van der Waals surface area contributed by atoms with E-state index in [2.05, 4.69) is 17.6 Å². The summed E-state index contributed by atoms with van der Waals surface area (Å²) in [5.74, 6) is 0.226. The Morgan fingerprint density at radius 2 is 1.86 bits per heavy atom. The molecule has 1 saturated heterocycles. The third-order valence-corrected chi connectivity index (χ3v) is 4.74. The van der Waals surface area contributed by atoms with E-state index in [1.54, 1.807) is 7.05 Å². The second-order valence-electron chi connectivity index (χ2n) is 6.49. The molecule has 0 bridgehead atoms. The van der Waals surface area contributed by atoms with E-state index in [-0.39, 0.29) is 36.1 Å². The summed E-state index contributed by atoms with van der Waals surface area (Å²) in [6.07, 6.45) is 4.60. The molecule has 6 nitrogen and oxygen atoms in total.